The minimum absolute atomic E-state index is 0.0129. The summed E-state index contributed by atoms with van der Waals surface area (Å²) in [5.74, 6) is 0. The van der Waals surface area contributed by atoms with Gasteiger partial charge in [-0.05, 0) is 13.3 Å². The van der Waals surface area contributed by atoms with Gasteiger partial charge in [-0.2, -0.15) is 0 Å². The lowest BCUT2D eigenvalue weighted by Gasteiger charge is -2.17. The fraction of sp³-hybridized carbons (Fsp3) is 1.00. The second-order valence-electron chi connectivity index (χ2n) is 5.43. The summed E-state index contributed by atoms with van der Waals surface area (Å²) in [4.78, 5) is 0. The van der Waals surface area contributed by atoms with Gasteiger partial charge in [0.25, 0.3) is 0 Å². The van der Waals surface area contributed by atoms with Gasteiger partial charge in [-0.15, -0.1) is 0 Å². The van der Waals surface area contributed by atoms with Crippen molar-refractivity contribution >= 4 is 0 Å². The third-order valence-electron chi connectivity index (χ3n) is 3.40. The minimum Gasteiger partial charge on any atom is -0.394 e. The van der Waals surface area contributed by atoms with E-state index in [0.29, 0.717) is 26.4 Å². The van der Waals surface area contributed by atoms with E-state index in [1.54, 1.807) is 0 Å². The Morgan fingerprint density at radius 2 is 1.38 bits per heavy atom. The molecule has 0 bridgehead atoms. The molecule has 0 aliphatic carbocycles. The van der Waals surface area contributed by atoms with Crippen LogP contribution in [0.5, 0.6) is 0 Å². The zero-order valence-corrected chi connectivity index (χ0v) is 14.1. The van der Waals surface area contributed by atoms with Crippen molar-refractivity contribution < 1.29 is 19.3 Å². The predicted molar refractivity (Wildman–Crippen MR) is 86.7 cm³/mol. The van der Waals surface area contributed by atoms with Crippen LogP contribution < -0.4 is 0 Å². The highest BCUT2D eigenvalue weighted by Gasteiger charge is 2.09. The molecule has 0 aromatic heterocycles. The monoisotopic (exact) mass is 304 g/mol. The molecule has 0 spiro atoms. The van der Waals surface area contributed by atoms with Crippen molar-refractivity contribution in [3.63, 3.8) is 0 Å². The van der Waals surface area contributed by atoms with E-state index in [1.807, 2.05) is 6.92 Å². The Balaban J connectivity index is 3.44. The molecule has 0 aromatic rings. The number of rotatable bonds is 17. The highest BCUT2D eigenvalue weighted by Crippen LogP contribution is 2.09. The SMILES string of the molecule is CCCCCCCCCCOC(COCC)COCCO. The lowest BCUT2D eigenvalue weighted by atomic mass is 10.1. The predicted octanol–water partition coefficient (Wildman–Crippen LogP) is 3.56. The number of aliphatic hydroxyl groups excluding tert-OH is 1. The molecule has 4 nitrogen and oxygen atoms in total. The first-order valence-electron chi connectivity index (χ1n) is 8.73. The van der Waals surface area contributed by atoms with Gasteiger partial charge < -0.3 is 19.3 Å². The number of hydrogen-bond acceptors (Lipinski definition) is 4. The van der Waals surface area contributed by atoms with Crippen LogP contribution in [0.1, 0.15) is 65.2 Å². The molecule has 1 unspecified atom stereocenters. The van der Waals surface area contributed by atoms with E-state index in [4.69, 9.17) is 19.3 Å². The van der Waals surface area contributed by atoms with E-state index < -0.39 is 0 Å². The summed E-state index contributed by atoms with van der Waals surface area (Å²) in [6, 6.07) is 0. The maximum Gasteiger partial charge on any atom is 0.104 e. The van der Waals surface area contributed by atoms with Crippen LogP contribution in [0.15, 0.2) is 0 Å². The summed E-state index contributed by atoms with van der Waals surface area (Å²) in [6.45, 7) is 7.18. The average Bonchev–Trinajstić information content (AvgIpc) is 2.50. The number of hydrogen-bond donors (Lipinski definition) is 1. The Morgan fingerprint density at radius 3 is 2.00 bits per heavy atom. The molecule has 1 atom stereocenters. The quantitative estimate of drug-likeness (QED) is 0.417. The topological polar surface area (TPSA) is 47.9 Å². The summed E-state index contributed by atoms with van der Waals surface area (Å²) < 4.78 is 16.5. The van der Waals surface area contributed by atoms with Crippen molar-refractivity contribution in [2.75, 3.05) is 39.6 Å². The first kappa shape index (κ1) is 20.8. The Kier molecular flexibility index (Phi) is 17.8. The van der Waals surface area contributed by atoms with Crippen LogP contribution in [0.3, 0.4) is 0 Å². The molecule has 0 aromatic carbocycles. The standard InChI is InChI=1S/C17H36O4/c1-3-5-6-7-8-9-10-11-13-21-17(15-19-4-2)16-20-14-12-18/h17-18H,3-16H2,1-2H3. The average molecular weight is 304 g/mol. The summed E-state index contributed by atoms with van der Waals surface area (Å²) >= 11 is 0. The number of aliphatic hydroxyl groups is 1. The van der Waals surface area contributed by atoms with Crippen LogP contribution in [0.2, 0.25) is 0 Å². The van der Waals surface area contributed by atoms with Crippen molar-refractivity contribution in [3.8, 4) is 0 Å². The maximum absolute atomic E-state index is 8.71. The molecular formula is C17H36O4. The molecule has 0 fully saturated rings. The molecule has 0 heterocycles. The Hall–Kier alpha value is -0.160. The van der Waals surface area contributed by atoms with E-state index >= 15 is 0 Å². The van der Waals surface area contributed by atoms with Crippen molar-refractivity contribution in [1.82, 2.24) is 0 Å². The molecule has 0 saturated carbocycles. The van der Waals surface area contributed by atoms with Gasteiger partial charge in [0.15, 0.2) is 0 Å². The third-order valence-corrected chi connectivity index (χ3v) is 3.40. The largest absolute Gasteiger partial charge is 0.394 e. The molecule has 0 rings (SSSR count). The molecule has 1 N–H and O–H groups in total. The molecular weight excluding hydrogens is 268 g/mol. The second kappa shape index (κ2) is 17.9. The van der Waals surface area contributed by atoms with Gasteiger partial charge in [0.2, 0.25) is 0 Å². The Morgan fingerprint density at radius 1 is 0.762 bits per heavy atom. The molecule has 21 heavy (non-hydrogen) atoms. The van der Waals surface area contributed by atoms with Crippen LogP contribution in [-0.2, 0) is 14.2 Å². The maximum atomic E-state index is 8.71. The highest BCUT2D eigenvalue weighted by atomic mass is 16.6. The second-order valence-corrected chi connectivity index (χ2v) is 5.43. The van der Waals surface area contributed by atoms with Gasteiger partial charge in [-0.3, -0.25) is 0 Å². The first-order valence-corrected chi connectivity index (χ1v) is 8.73. The summed E-state index contributed by atoms with van der Waals surface area (Å²) in [5.41, 5.74) is 0. The number of ether oxygens (including phenoxy) is 3. The zero-order valence-electron chi connectivity index (χ0n) is 14.1. The molecule has 0 saturated heterocycles. The lowest BCUT2D eigenvalue weighted by Crippen LogP contribution is -2.27. The summed E-state index contributed by atoms with van der Waals surface area (Å²) in [6.07, 6.45) is 10.4. The van der Waals surface area contributed by atoms with Crippen LogP contribution in [-0.4, -0.2) is 50.9 Å². The molecule has 0 aliphatic rings. The fourth-order valence-corrected chi connectivity index (χ4v) is 2.16. The summed E-state index contributed by atoms with van der Waals surface area (Å²) in [7, 11) is 0. The van der Waals surface area contributed by atoms with Gasteiger partial charge in [0.05, 0.1) is 26.4 Å². The first-order chi connectivity index (χ1) is 10.3. The molecule has 128 valence electrons. The molecule has 4 heteroatoms. The lowest BCUT2D eigenvalue weighted by molar-refractivity contribution is -0.0627. The minimum atomic E-state index is -0.0129. The van der Waals surface area contributed by atoms with Gasteiger partial charge in [-0.1, -0.05) is 51.9 Å². The van der Waals surface area contributed by atoms with E-state index in [-0.39, 0.29) is 12.7 Å². The van der Waals surface area contributed by atoms with E-state index in [9.17, 15) is 0 Å². The van der Waals surface area contributed by atoms with E-state index in [2.05, 4.69) is 6.92 Å². The molecule has 0 amide bonds. The van der Waals surface area contributed by atoms with Crippen molar-refractivity contribution in [1.29, 1.82) is 0 Å². The van der Waals surface area contributed by atoms with Gasteiger partial charge in [0, 0.05) is 13.2 Å². The van der Waals surface area contributed by atoms with Crippen molar-refractivity contribution in [2.24, 2.45) is 0 Å². The molecule has 0 aliphatic heterocycles. The Labute approximate surface area is 131 Å². The molecule has 0 radical (unpaired) electrons. The zero-order chi connectivity index (χ0) is 15.6. The number of unbranched alkanes of at least 4 members (excludes halogenated alkanes) is 7. The van der Waals surface area contributed by atoms with Crippen LogP contribution in [0, 0.1) is 0 Å². The van der Waals surface area contributed by atoms with E-state index in [1.165, 1.54) is 44.9 Å². The third kappa shape index (κ3) is 16.0. The summed E-state index contributed by atoms with van der Waals surface area (Å²) in [5, 5.41) is 8.71. The van der Waals surface area contributed by atoms with Crippen LogP contribution in [0.4, 0.5) is 0 Å². The highest BCUT2D eigenvalue weighted by molar-refractivity contribution is 4.56. The van der Waals surface area contributed by atoms with Gasteiger partial charge >= 0.3 is 0 Å². The Bertz CT molecular complexity index is 188. The normalized spacial score (nSPS) is 12.7. The smallest absolute Gasteiger partial charge is 0.104 e. The van der Waals surface area contributed by atoms with Crippen molar-refractivity contribution in [3.05, 3.63) is 0 Å². The van der Waals surface area contributed by atoms with Crippen LogP contribution >= 0.6 is 0 Å². The van der Waals surface area contributed by atoms with Gasteiger partial charge in [-0.25, -0.2) is 0 Å². The van der Waals surface area contributed by atoms with E-state index in [0.717, 1.165) is 13.0 Å². The van der Waals surface area contributed by atoms with Crippen molar-refractivity contribution in [2.45, 2.75) is 71.3 Å². The fourth-order valence-electron chi connectivity index (χ4n) is 2.16. The van der Waals surface area contributed by atoms with Crippen LogP contribution in [0.25, 0.3) is 0 Å². The van der Waals surface area contributed by atoms with Gasteiger partial charge in [0.1, 0.15) is 6.10 Å².